The molecule has 2 saturated carbocycles. The summed E-state index contributed by atoms with van der Waals surface area (Å²) in [6.45, 7) is 0. The molecule has 0 aromatic heterocycles. The van der Waals surface area contributed by atoms with Gasteiger partial charge in [0.15, 0.2) is 0 Å². The van der Waals surface area contributed by atoms with E-state index in [4.69, 9.17) is 0 Å². The monoisotopic (exact) mass is 420 g/mol. The Hall–Kier alpha value is -0.520. The number of allylic oxidation sites excluding steroid dienone is 4. The third kappa shape index (κ3) is 4.36. The van der Waals surface area contributed by atoms with E-state index in [1.807, 2.05) is 22.3 Å². The van der Waals surface area contributed by atoms with E-state index in [2.05, 4.69) is 0 Å². The summed E-state index contributed by atoms with van der Waals surface area (Å²) in [5.41, 5.74) is 7.97. The Morgan fingerprint density at radius 2 is 0.871 bits per heavy atom. The van der Waals surface area contributed by atoms with Crippen molar-refractivity contribution >= 4 is 0 Å². The van der Waals surface area contributed by atoms with Crippen LogP contribution in [-0.2, 0) is 0 Å². The van der Waals surface area contributed by atoms with Crippen molar-refractivity contribution in [1.82, 2.24) is 0 Å². The van der Waals surface area contributed by atoms with Gasteiger partial charge in [0.05, 0.1) is 0 Å². The Bertz CT molecular complexity index is 648. The van der Waals surface area contributed by atoms with E-state index < -0.39 is 0 Å². The lowest BCUT2D eigenvalue weighted by Gasteiger charge is -2.43. The zero-order chi connectivity index (χ0) is 20.6. The Kier molecular flexibility index (Phi) is 6.37. The first-order chi connectivity index (χ1) is 15.3. The van der Waals surface area contributed by atoms with Crippen LogP contribution in [0.3, 0.4) is 0 Å². The first-order valence-electron chi connectivity index (χ1n) is 14.8. The van der Waals surface area contributed by atoms with Gasteiger partial charge in [0, 0.05) is 0 Å². The van der Waals surface area contributed by atoms with Crippen LogP contribution >= 0.6 is 0 Å². The van der Waals surface area contributed by atoms with Crippen LogP contribution in [-0.4, -0.2) is 0 Å². The second kappa shape index (κ2) is 9.38. The van der Waals surface area contributed by atoms with Gasteiger partial charge in [-0.3, -0.25) is 0 Å². The van der Waals surface area contributed by atoms with Gasteiger partial charge in [0.2, 0.25) is 0 Å². The summed E-state index contributed by atoms with van der Waals surface area (Å²) < 4.78 is 0. The molecule has 172 valence electrons. The topological polar surface area (TPSA) is 0 Å². The molecule has 0 bridgehead atoms. The zero-order valence-electron chi connectivity index (χ0n) is 20.3. The summed E-state index contributed by atoms with van der Waals surface area (Å²) in [7, 11) is 0. The largest absolute Gasteiger partial charge is 0.0704 e. The predicted octanol–water partition coefficient (Wildman–Crippen LogP) is 9.55. The molecule has 0 saturated heterocycles. The molecule has 0 amide bonds. The summed E-state index contributed by atoms with van der Waals surface area (Å²) >= 11 is 0. The van der Waals surface area contributed by atoms with Gasteiger partial charge in [-0.25, -0.2) is 0 Å². The van der Waals surface area contributed by atoms with Crippen molar-refractivity contribution in [1.29, 1.82) is 0 Å². The molecule has 6 aliphatic carbocycles. The Balaban J connectivity index is 1.08. The molecule has 31 heavy (non-hydrogen) atoms. The molecule has 0 aromatic carbocycles. The van der Waals surface area contributed by atoms with Crippen LogP contribution < -0.4 is 0 Å². The van der Waals surface area contributed by atoms with Crippen molar-refractivity contribution in [3.63, 3.8) is 0 Å². The highest BCUT2D eigenvalue weighted by Gasteiger charge is 2.37. The average Bonchev–Trinajstić information content (AvgIpc) is 2.82. The van der Waals surface area contributed by atoms with Crippen molar-refractivity contribution in [2.45, 2.75) is 135 Å². The second-order valence-corrected chi connectivity index (χ2v) is 12.8. The van der Waals surface area contributed by atoms with Crippen LogP contribution in [0.2, 0.25) is 0 Å². The fourth-order valence-electron chi connectivity index (χ4n) is 9.55. The molecular formula is C31H48. The van der Waals surface area contributed by atoms with E-state index in [9.17, 15) is 0 Å². The highest BCUT2D eigenvalue weighted by molar-refractivity contribution is 5.26. The molecule has 6 atom stereocenters. The van der Waals surface area contributed by atoms with Crippen molar-refractivity contribution in [3.05, 3.63) is 22.3 Å². The van der Waals surface area contributed by atoms with Gasteiger partial charge in [-0.15, -0.1) is 0 Å². The van der Waals surface area contributed by atoms with Gasteiger partial charge in [0.25, 0.3) is 0 Å². The molecule has 2 fully saturated rings. The molecule has 6 unspecified atom stereocenters. The molecule has 6 rings (SSSR count). The third-order valence-corrected chi connectivity index (χ3v) is 11.2. The third-order valence-electron chi connectivity index (χ3n) is 11.2. The molecule has 0 nitrogen and oxygen atoms in total. The molecule has 0 radical (unpaired) electrons. The SMILES string of the molecule is C1CC2=C(CC3CCCCC3C2)C(CCCC2CCCC3=C2CC2CCCCC2C3)C1. The molecular weight excluding hydrogens is 372 g/mol. The minimum Gasteiger partial charge on any atom is -0.0704 e. The molecule has 0 aromatic rings. The average molecular weight is 421 g/mol. The molecule has 0 N–H and O–H groups in total. The quantitative estimate of drug-likeness (QED) is 0.397. The van der Waals surface area contributed by atoms with Gasteiger partial charge in [0.1, 0.15) is 0 Å². The van der Waals surface area contributed by atoms with E-state index >= 15 is 0 Å². The Labute approximate surface area is 192 Å². The van der Waals surface area contributed by atoms with E-state index in [1.54, 1.807) is 25.7 Å². The highest BCUT2D eigenvalue weighted by Crippen LogP contribution is 2.51. The molecule has 0 aliphatic heterocycles. The molecule has 0 heterocycles. The summed E-state index contributed by atoms with van der Waals surface area (Å²) in [4.78, 5) is 0. The van der Waals surface area contributed by atoms with Crippen LogP contribution in [0.5, 0.6) is 0 Å². The zero-order valence-corrected chi connectivity index (χ0v) is 20.3. The fraction of sp³-hybridized carbons (Fsp3) is 0.871. The predicted molar refractivity (Wildman–Crippen MR) is 132 cm³/mol. The smallest absolute Gasteiger partial charge is 0.0200 e. The van der Waals surface area contributed by atoms with Crippen molar-refractivity contribution in [2.75, 3.05) is 0 Å². The summed E-state index contributed by atoms with van der Waals surface area (Å²) in [5.74, 6) is 6.27. The van der Waals surface area contributed by atoms with Crippen LogP contribution in [0.4, 0.5) is 0 Å². The number of hydrogen-bond donors (Lipinski definition) is 0. The number of rotatable bonds is 4. The maximum atomic E-state index is 2.01. The second-order valence-electron chi connectivity index (χ2n) is 12.8. The lowest BCUT2D eigenvalue weighted by molar-refractivity contribution is 0.198. The number of fused-ring (bicyclic) bond motifs is 2. The van der Waals surface area contributed by atoms with Gasteiger partial charge >= 0.3 is 0 Å². The van der Waals surface area contributed by atoms with Crippen LogP contribution in [0.15, 0.2) is 22.3 Å². The van der Waals surface area contributed by atoms with E-state index in [0.29, 0.717) is 0 Å². The van der Waals surface area contributed by atoms with Crippen LogP contribution in [0.1, 0.15) is 135 Å². The summed E-state index contributed by atoms with van der Waals surface area (Å²) in [6.07, 6.45) is 31.9. The van der Waals surface area contributed by atoms with Crippen molar-refractivity contribution in [3.8, 4) is 0 Å². The van der Waals surface area contributed by atoms with Crippen molar-refractivity contribution in [2.24, 2.45) is 35.5 Å². The van der Waals surface area contributed by atoms with Gasteiger partial charge < -0.3 is 0 Å². The lowest BCUT2D eigenvalue weighted by Crippen LogP contribution is -2.29. The van der Waals surface area contributed by atoms with Gasteiger partial charge in [-0.1, -0.05) is 54.4 Å². The molecule has 0 heteroatoms. The fourth-order valence-corrected chi connectivity index (χ4v) is 9.55. The summed E-state index contributed by atoms with van der Waals surface area (Å²) in [5, 5.41) is 0. The minimum atomic E-state index is 0.984. The van der Waals surface area contributed by atoms with E-state index in [1.165, 1.54) is 109 Å². The first kappa shape index (κ1) is 21.0. The first-order valence-corrected chi connectivity index (χ1v) is 14.8. The normalized spacial score (nSPS) is 40.6. The van der Waals surface area contributed by atoms with Crippen molar-refractivity contribution < 1.29 is 0 Å². The Morgan fingerprint density at radius 3 is 1.32 bits per heavy atom. The minimum absolute atomic E-state index is 0.984. The van der Waals surface area contributed by atoms with Gasteiger partial charge in [-0.05, 0) is 138 Å². The maximum absolute atomic E-state index is 2.01. The Morgan fingerprint density at radius 1 is 0.452 bits per heavy atom. The highest BCUT2D eigenvalue weighted by atomic mass is 14.4. The van der Waals surface area contributed by atoms with E-state index in [0.717, 1.165) is 35.5 Å². The van der Waals surface area contributed by atoms with Crippen LogP contribution in [0.25, 0.3) is 0 Å². The summed E-state index contributed by atoms with van der Waals surface area (Å²) in [6, 6.07) is 0. The maximum Gasteiger partial charge on any atom is -0.0200 e. The van der Waals surface area contributed by atoms with Crippen LogP contribution in [0, 0.1) is 35.5 Å². The standard InChI is InChI=1S/C31H48/c1-3-10-26-20-30-22(14-6-16-28(30)18-24(26)8-1)12-5-13-23-15-7-17-29-19-25-9-2-4-11-27(25)21-31(23)29/h22-27H,1-21H2. The number of hydrogen-bond acceptors (Lipinski definition) is 0. The molecule has 0 spiro atoms. The molecule has 6 aliphatic rings. The van der Waals surface area contributed by atoms with E-state index in [-0.39, 0.29) is 0 Å². The lowest BCUT2D eigenvalue weighted by atomic mass is 9.62. The van der Waals surface area contributed by atoms with Gasteiger partial charge in [-0.2, -0.15) is 0 Å².